The van der Waals surface area contributed by atoms with Crippen molar-refractivity contribution in [2.24, 2.45) is 0 Å². The van der Waals surface area contributed by atoms with Gasteiger partial charge in [-0.3, -0.25) is 0 Å². The van der Waals surface area contributed by atoms with E-state index in [4.69, 9.17) is 0 Å². The molecule has 0 N–H and O–H groups in total. The molecule has 0 radical (unpaired) electrons. The van der Waals surface area contributed by atoms with E-state index < -0.39 is 0 Å². The summed E-state index contributed by atoms with van der Waals surface area (Å²) in [5.41, 5.74) is 26.6. The minimum atomic E-state index is 0.368. The third kappa shape index (κ3) is 8.28. The van der Waals surface area contributed by atoms with Crippen molar-refractivity contribution in [3.63, 3.8) is 0 Å². The fourth-order valence-electron chi connectivity index (χ4n) is 12.1. The summed E-state index contributed by atoms with van der Waals surface area (Å²) < 4.78 is 4.58. The van der Waals surface area contributed by atoms with Gasteiger partial charge < -0.3 is 9.13 Å². The number of hydrogen-bond donors (Lipinski definition) is 0. The highest BCUT2D eigenvalue weighted by molar-refractivity contribution is 6.14. The van der Waals surface area contributed by atoms with Gasteiger partial charge >= 0.3 is 0 Å². The van der Waals surface area contributed by atoms with Crippen LogP contribution in [0.25, 0.3) is 111 Å². The molecule has 0 saturated carbocycles. The topological polar surface area (TPSA) is 81.2 Å². The Balaban J connectivity index is 1.22. The molecule has 12 aromatic rings. The lowest BCUT2D eigenvalue weighted by Crippen LogP contribution is -2.05. The first-order valence-corrected chi connectivity index (χ1v) is 25.8. The monoisotopic (exact) mass is 975 g/mol. The lowest BCUT2D eigenvalue weighted by atomic mass is 9.95. The zero-order valence-corrected chi connectivity index (χ0v) is 44.0. The number of hydrogen-bond acceptors (Lipinski definition) is 3. The molecule has 0 saturated heterocycles. The minimum Gasteiger partial charge on any atom is -0.308 e. The quantitative estimate of drug-likeness (QED) is 0.160. The van der Waals surface area contributed by atoms with Crippen LogP contribution in [0.3, 0.4) is 0 Å². The van der Waals surface area contributed by atoms with Crippen molar-refractivity contribution in [2.75, 3.05) is 0 Å². The third-order valence-corrected chi connectivity index (χ3v) is 14.9. The Kier molecular flexibility index (Phi) is 11.4. The second-order valence-corrected chi connectivity index (χ2v) is 21.1. The van der Waals surface area contributed by atoms with Crippen molar-refractivity contribution in [2.45, 2.75) is 55.4 Å². The average molecular weight is 976 g/mol. The average Bonchev–Trinajstić information content (AvgIpc) is 3.96. The SMILES string of the molecule is Cc1cc(C)cc(-c2ccc3c(c2)c2cc(-c4cc(C)cc(C)c4)ccc2n3-c2cc(C#N)cc(-n3c4ccc(-c5cc(C)cc(C)c5)cc4c4cc(-c5cc(C)cc(C)c5)ccc43)c2-c2cc(C#N)cc(C#N)c2)c1. The number of aromatic nitrogens is 2. The first-order chi connectivity index (χ1) is 36.7. The summed E-state index contributed by atoms with van der Waals surface area (Å²) in [6.07, 6.45) is 0. The molecule has 0 aliphatic carbocycles. The molecular weight excluding hydrogens is 923 g/mol. The number of nitrogens with zero attached hydrogens (tertiary/aromatic N) is 5. The molecule has 0 bridgehead atoms. The van der Waals surface area contributed by atoms with E-state index in [-0.39, 0.29) is 0 Å². The van der Waals surface area contributed by atoms with Crippen LogP contribution in [0.5, 0.6) is 0 Å². The van der Waals surface area contributed by atoms with Gasteiger partial charge in [0.15, 0.2) is 0 Å². The van der Waals surface area contributed by atoms with Crippen molar-refractivity contribution >= 4 is 43.6 Å². The Labute approximate surface area is 444 Å². The van der Waals surface area contributed by atoms with Crippen LogP contribution in [0.15, 0.2) is 176 Å². The lowest BCUT2D eigenvalue weighted by Gasteiger charge is -2.21. The molecule has 0 unspecified atom stereocenters. The molecule has 0 amide bonds. The molecule has 10 aromatic carbocycles. The predicted octanol–water partition coefficient (Wildman–Crippen LogP) is 18.3. The van der Waals surface area contributed by atoms with E-state index in [1.807, 2.05) is 24.3 Å². The fraction of sp³-hybridized carbons (Fsp3) is 0.113. The lowest BCUT2D eigenvalue weighted by molar-refractivity contribution is 1.13. The van der Waals surface area contributed by atoms with Crippen LogP contribution < -0.4 is 0 Å². The Morgan fingerprint density at radius 1 is 0.250 bits per heavy atom. The van der Waals surface area contributed by atoms with Crippen molar-refractivity contribution in [3.05, 3.63) is 237 Å². The van der Waals surface area contributed by atoms with Gasteiger partial charge in [-0.25, -0.2) is 0 Å². The first-order valence-electron chi connectivity index (χ1n) is 25.8. The van der Waals surface area contributed by atoms with E-state index in [0.29, 0.717) is 22.3 Å². The number of aryl methyl sites for hydroxylation is 8. The van der Waals surface area contributed by atoms with Crippen LogP contribution in [-0.2, 0) is 0 Å². The van der Waals surface area contributed by atoms with Crippen LogP contribution in [0.2, 0.25) is 0 Å². The maximum Gasteiger partial charge on any atom is 0.0993 e. The van der Waals surface area contributed by atoms with E-state index in [1.54, 1.807) is 6.07 Å². The molecule has 0 atom stereocenters. The maximum atomic E-state index is 11.2. The number of nitriles is 3. The Morgan fingerprint density at radius 2 is 0.500 bits per heavy atom. The minimum absolute atomic E-state index is 0.368. The third-order valence-electron chi connectivity index (χ3n) is 14.9. The molecule has 0 fully saturated rings. The molecule has 0 aliphatic heterocycles. The fourth-order valence-corrected chi connectivity index (χ4v) is 12.1. The second-order valence-electron chi connectivity index (χ2n) is 21.1. The summed E-state index contributed by atoms with van der Waals surface area (Å²) >= 11 is 0. The van der Waals surface area contributed by atoms with Gasteiger partial charge in [0, 0.05) is 27.1 Å². The van der Waals surface area contributed by atoms with Gasteiger partial charge in [-0.1, -0.05) is 142 Å². The van der Waals surface area contributed by atoms with E-state index in [2.05, 4.69) is 228 Å². The van der Waals surface area contributed by atoms with Gasteiger partial charge in [-0.05, 0) is 184 Å². The Morgan fingerprint density at radius 3 is 0.750 bits per heavy atom. The zero-order chi connectivity index (χ0) is 52.7. The van der Waals surface area contributed by atoms with Gasteiger partial charge in [0.25, 0.3) is 0 Å². The van der Waals surface area contributed by atoms with E-state index in [0.717, 1.165) is 105 Å². The van der Waals surface area contributed by atoms with Crippen molar-refractivity contribution < 1.29 is 0 Å². The molecular formula is C71H53N5. The van der Waals surface area contributed by atoms with Crippen molar-refractivity contribution in [1.29, 1.82) is 15.8 Å². The number of fused-ring (bicyclic) bond motifs is 6. The summed E-state index contributed by atoms with van der Waals surface area (Å²) in [4.78, 5) is 0. The molecule has 2 aromatic heterocycles. The smallest absolute Gasteiger partial charge is 0.0993 e. The van der Waals surface area contributed by atoms with Crippen LogP contribution in [0.1, 0.15) is 61.2 Å². The van der Waals surface area contributed by atoms with Crippen molar-refractivity contribution in [1.82, 2.24) is 9.13 Å². The van der Waals surface area contributed by atoms with Crippen LogP contribution >= 0.6 is 0 Å². The summed E-state index contributed by atoms with van der Waals surface area (Å²) in [5, 5.41) is 36.7. The highest BCUT2D eigenvalue weighted by Crippen LogP contribution is 2.46. The standard InChI is InChI=1S/C71H53N5/c1-41-17-42(2)22-56(21-41)52-9-13-65-61(34-52)62-35-53(57-23-43(3)18-44(4)24-57)10-14-66(62)75(65)69-32-51(40-74)33-70(71(69)60-30-49(38-72)29-50(31-60)39-73)76-67-15-11-54(58-25-45(5)19-46(6)26-58)36-63(67)64-37-55(12-16-68(64)76)59-27-47(7)20-48(8)28-59/h9-37H,1-8H3. The summed E-state index contributed by atoms with van der Waals surface area (Å²) in [5.74, 6) is 0. The van der Waals surface area contributed by atoms with Crippen LogP contribution in [0.4, 0.5) is 0 Å². The second kappa shape index (κ2) is 18.3. The highest BCUT2D eigenvalue weighted by Gasteiger charge is 2.25. The summed E-state index contributed by atoms with van der Waals surface area (Å²) in [6.45, 7) is 17.1. The zero-order valence-electron chi connectivity index (χ0n) is 44.0. The van der Waals surface area contributed by atoms with Crippen LogP contribution in [0, 0.1) is 89.4 Å². The van der Waals surface area contributed by atoms with Crippen molar-refractivity contribution in [3.8, 4) is 85.2 Å². The molecule has 76 heavy (non-hydrogen) atoms. The molecule has 12 rings (SSSR count). The molecule has 362 valence electrons. The van der Waals surface area contributed by atoms with Gasteiger partial charge in [0.2, 0.25) is 0 Å². The summed E-state index contributed by atoms with van der Waals surface area (Å²) in [6, 6.07) is 70.2. The highest BCUT2D eigenvalue weighted by atomic mass is 15.0. The maximum absolute atomic E-state index is 11.2. The van der Waals surface area contributed by atoms with E-state index in [1.165, 1.54) is 44.5 Å². The number of benzene rings is 10. The molecule has 0 spiro atoms. The van der Waals surface area contributed by atoms with Gasteiger partial charge in [-0.2, -0.15) is 15.8 Å². The van der Waals surface area contributed by atoms with Crippen LogP contribution in [-0.4, -0.2) is 9.13 Å². The normalized spacial score (nSPS) is 11.4. The van der Waals surface area contributed by atoms with Gasteiger partial charge in [0.05, 0.1) is 68.3 Å². The van der Waals surface area contributed by atoms with Gasteiger partial charge in [-0.15, -0.1) is 0 Å². The number of rotatable bonds is 7. The summed E-state index contributed by atoms with van der Waals surface area (Å²) in [7, 11) is 0. The molecule has 2 heterocycles. The molecule has 0 aliphatic rings. The van der Waals surface area contributed by atoms with E-state index >= 15 is 0 Å². The Hall–Kier alpha value is -9.73. The molecule has 5 heteroatoms. The predicted molar refractivity (Wildman–Crippen MR) is 314 cm³/mol. The largest absolute Gasteiger partial charge is 0.308 e. The molecule has 5 nitrogen and oxygen atoms in total. The van der Waals surface area contributed by atoms with E-state index in [9.17, 15) is 15.8 Å². The van der Waals surface area contributed by atoms with Gasteiger partial charge in [0.1, 0.15) is 0 Å². The first kappa shape index (κ1) is 47.3. The Bertz CT molecular complexity index is 4010.